The molecule has 2 aliphatic rings. The Hall–Kier alpha value is -2.40. The van der Waals surface area contributed by atoms with Crippen LogP contribution in [0.3, 0.4) is 0 Å². The molecule has 3 heterocycles. The summed E-state index contributed by atoms with van der Waals surface area (Å²) in [5.74, 6) is 0.597. The highest BCUT2D eigenvalue weighted by atomic mass is 16.2. The van der Waals surface area contributed by atoms with E-state index in [9.17, 15) is 9.59 Å². The second-order valence-corrected chi connectivity index (χ2v) is 7.48. The number of nitrogens with zero attached hydrogens (tertiary/aromatic N) is 1. The summed E-state index contributed by atoms with van der Waals surface area (Å²) < 4.78 is 1.83. The molecular formula is C21H25N3O2. The van der Waals surface area contributed by atoms with E-state index >= 15 is 0 Å². The van der Waals surface area contributed by atoms with Gasteiger partial charge in [-0.15, -0.1) is 0 Å². The summed E-state index contributed by atoms with van der Waals surface area (Å²) in [5, 5.41) is 6.35. The number of rotatable bonds is 4. The molecule has 0 spiro atoms. The van der Waals surface area contributed by atoms with Gasteiger partial charge in [0.1, 0.15) is 5.56 Å². The van der Waals surface area contributed by atoms with Gasteiger partial charge >= 0.3 is 0 Å². The summed E-state index contributed by atoms with van der Waals surface area (Å²) in [7, 11) is 0. The third-order valence-corrected chi connectivity index (χ3v) is 5.69. The van der Waals surface area contributed by atoms with E-state index < -0.39 is 0 Å². The molecule has 0 unspecified atom stereocenters. The van der Waals surface area contributed by atoms with Gasteiger partial charge in [0.15, 0.2) is 0 Å². The lowest BCUT2D eigenvalue weighted by atomic mass is 9.84. The van der Waals surface area contributed by atoms with Crippen molar-refractivity contribution in [3.63, 3.8) is 0 Å². The number of pyridine rings is 1. The minimum atomic E-state index is -0.271. The normalized spacial score (nSPS) is 21.1. The first-order valence-electron chi connectivity index (χ1n) is 9.40. The van der Waals surface area contributed by atoms with Crippen molar-refractivity contribution in [3.05, 3.63) is 69.1 Å². The topological polar surface area (TPSA) is 63.1 Å². The first kappa shape index (κ1) is 17.0. The number of piperidine rings is 1. The number of fused-ring (bicyclic) bond motifs is 4. The lowest BCUT2D eigenvalue weighted by Gasteiger charge is -2.37. The second kappa shape index (κ2) is 7.08. The van der Waals surface area contributed by atoms with E-state index in [0.29, 0.717) is 24.9 Å². The fourth-order valence-corrected chi connectivity index (χ4v) is 4.26. The van der Waals surface area contributed by atoms with Crippen molar-refractivity contribution in [2.45, 2.75) is 32.2 Å². The zero-order valence-corrected chi connectivity index (χ0v) is 15.1. The Balaban J connectivity index is 1.48. The Labute approximate surface area is 153 Å². The fourth-order valence-electron chi connectivity index (χ4n) is 4.26. The molecule has 1 saturated heterocycles. The van der Waals surface area contributed by atoms with E-state index in [0.717, 1.165) is 31.6 Å². The molecule has 1 fully saturated rings. The average Bonchev–Trinajstić information content (AvgIpc) is 2.64. The number of aryl methyl sites for hydroxylation is 1. The van der Waals surface area contributed by atoms with Crippen LogP contribution in [0.1, 0.15) is 39.5 Å². The van der Waals surface area contributed by atoms with Crippen LogP contribution in [0.5, 0.6) is 0 Å². The van der Waals surface area contributed by atoms with Crippen molar-refractivity contribution >= 4 is 5.91 Å². The van der Waals surface area contributed by atoms with Crippen LogP contribution in [0.2, 0.25) is 0 Å². The maximum absolute atomic E-state index is 12.9. The Kier molecular flexibility index (Phi) is 4.64. The number of hydrogen-bond donors (Lipinski definition) is 2. The molecule has 4 rings (SSSR count). The predicted molar refractivity (Wildman–Crippen MR) is 102 cm³/mol. The largest absolute Gasteiger partial charge is 0.352 e. The maximum Gasteiger partial charge on any atom is 0.263 e. The number of hydrogen-bond acceptors (Lipinski definition) is 3. The standard InChI is InChI=1S/C21H25N3O2/c1-14-4-2-3-5-16(14)8-9-23-20(25)18-6-7-19-17-10-15(11-22-12-17)13-24(19)21(18)26/h2-7,15,17,22H,8-13H2,1H3,(H,23,25)/t15-,17+/m0/s1. The molecule has 5 nitrogen and oxygen atoms in total. The average molecular weight is 351 g/mol. The second-order valence-electron chi connectivity index (χ2n) is 7.48. The SMILES string of the molecule is Cc1ccccc1CCNC(=O)c1ccc2n(c1=O)C[C@@H]1CNC[C@H]2C1. The van der Waals surface area contributed by atoms with Gasteiger partial charge in [-0.05, 0) is 55.5 Å². The summed E-state index contributed by atoms with van der Waals surface area (Å²) in [4.78, 5) is 25.4. The molecule has 2 atom stereocenters. The lowest BCUT2D eigenvalue weighted by Crippen LogP contribution is -2.46. The van der Waals surface area contributed by atoms with E-state index in [1.807, 2.05) is 22.8 Å². The van der Waals surface area contributed by atoms with Gasteiger partial charge in [-0.3, -0.25) is 9.59 Å². The molecular weight excluding hydrogens is 326 g/mol. The van der Waals surface area contributed by atoms with Crippen molar-refractivity contribution in [1.82, 2.24) is 15.2 Å². The highest BCUT2D eigenvalue weighted by Crippen LogP contribution is 2.31. The predicted octanol–water partition coefficient (Wildman–Crippen LogP) is 1.84. The number of carbonyl (C=O) groups excluding carboxylic acids is 1. The van der Waals surface area contributed by atoms with Crippen LogP contribution >= 0.6 is 0 Å². The Morgan fingerprint density at radius 1 is 1.23 bits per heavy atom. The van der Waals surface area contributed by atoms with Crippen LogP contribution in [0.15, 0.2) is 41.2 Å². The summed E-state index contributed by atoms with van der Waals surface area (Å²) in [6, 6.07) is 11.8. The van der Waals surface area contributed by atoms with Crippen LogP contribution < -0.4 is 16.2 Å². The molecule has 5 heteroatoms. The van der Waals surface area contributed by atoms with E-state index in [2.05, 4.69) is 29.7 Å². The maximum atomic E-state index is 12.9. The van der Waals surface area contributed by atoms with Crippen molar-refractivity contribution < 1.29 is 4.79 Å². The van der Waals surface area contributed by atoms with Gasteiger partial charge < -0.3 is 15.2 Å². The van der Waals surface area contributed by atoms with E-state index in [1.54, 1.807) is 6.07 Å². The molecule has 1 aromatic carbocycles. The molecule has 0 aliphatic carbocycles. The fraction of sp³-hybridized carbons (Fsp3) is 0.429. The summed E-state index contributed by atoms with van der Waals surface area (Å²) in [6.07, 6.45) is 1.90. The van der Waals surface area contributed by atoms with Crippen LogP contribution in [0, 0.1) is 12.8 Å². The molecule has 2 aliphatic heterocycles. The molecule has 2 aromatic rings. The van der Waals surface area contributed by atoms with Gasteiger partial charge in [0.05, 0.1) is 0 Å². The minimum absolute atomic E-state index is 0.146. The molecule has 0 radical (unpaired) electrons. The highest BCUT2D eigenvalue weighted by Gasteiger charge is 2.31. The van der Waals surface area contributed by atoms with Crippen LogP contribution in [-0.4, -0.2) is 30.1 Å². The summed E-state index contributed by atoms with van der Waals surface area (Å²) in [5.41, 5.74) is 3.61. The molecule has 136 valence electrons. The van der Waals surface area contributed by atoms with Crippen molar-refractivity contribution in [2.75, 3.05) is 19.6 Å². The first-order valence-corrected chi connectivity index (χ1v) is 9.40. The summed E-state index contributed by atoms with van der Waals surface area (Å²) in [6.45, 7) is 5.17. The zero-order chi connectivity index (χ0) is 18.1. The molecule has 2 bridgehead atoms. The third kappa shape index (κ3) is 3.19. The molecule has 26 heavy (non-hydrogen) atoms. The number of carbonyl (C=O) groups is 1. The highest BCUT2D eigenvalue weighted by molar-refractivity contribution is 5.93. The molecule has 1 aromatic heterocycles. The van der Waals surface area contributed by atoms with Crippen LogP contribution in [0.25, 0.3) is 0 Å². The molecule has 1 amide bonds. The summed E-state index contributed by atoms with van der Waals surface area (Å²) >= 11 is 0. The number of aromatic nitrogens is 1. The van der Waals surface area contributed by atoms with E-state index in [4.69, 9.17) is 0 Å². The van der Waals surface area contributed by atoms with Gasteiger partial charge in [-0.25, -0.2) is 0 Å². The van der Waals surface area contributed by atoms with E-state index in [-0.39, 0.29) is 17.0 Å². The number of amides is 1. The zero-order valence-electron chi connectivity index (χ0n) is 15.1. The van der Waals surface area contributed by atoms with Crippen molar-refractivity contribution in [3.8, 4) is 0 Å². The van der Waals surface area contributed by atoms with Gasteiger partial charge in [0.25, 0.3) is 11.5 Å². The number of nitrogens with one attached hydrogen (secondary N) is 2. The first-order chi connectivity index (χ1) is 12.6. The number of benzene rings is 1. The Morgan fingerprint density at radius 2 is 2.08 bits per heavy atom. The van der Waals surface area contributed by atoms with Gasteiger partial charge in [0.2, 0.25) is 0 Å². The van der Waals surface area contributed by atoms with Gasteiger partial charge in [-0.2, -0.15) is 0 Å². The lowest BCUT2D eigenvalue weighted by molar-refractivity contribution is 0.0951. The monoisotopic (exact) mass is 351 g/mol. The Morgan fingerprint density at radius 3 is 2.92 bits per heavy atom. The quantitative estimate of drug-likeness (QED) is 0.883. The van der Waals surface area contributed by atoms with E-state index in [1.165, 1.54) is 11.1 Å². The van der Waals surface area contributed by atoms with Crippen LogP contribution in [-0.2, 0) is 13.0 Å². The van der Waals surface area contributed by atoms with Gasteiger partial charge in [0, 0.05) is 31.2 Å². The molecule has 0 saturated carbocycles. The van der Waals surface area contributed by atoms with Crippen molar-refractivity contribution in [1.29, 1.82) is 0 Å². The third-order valence-electron chi connectivity index (χ3n) is 5.69. The van der Waals surface area contributed by atoms with Gasteiger partial charge in [-0.1, -0.05) is 24.3 Å². The van der Waals surface area contributed by atoms with Crippen molar-refractivity contribution in [2.24, 2.45) is 5.92 Å². The molecule has 2 N–H and O–H groups in total. The smallest absolute Gasteiger partial charge is 0.263 e. The Bertz CT molecular complexity index is 887. The minimum Gasteiger partial charge on any atom is -0.352 e. The van der Waals surface area contributed by atoms with Crippen LogP contribution in [0.4, 0.5) is 0 Å².